The van der Waals surface area contributed by atoms with Gasteiger partial charge in [0.2, 0.25) is 0 Å². The molecule has 0 fully saturated rings. The highest BCUT2D eigenvalue weighted by Gasteiger charge is 2.14. The van der Waals surface area contributed by atoms with Crippen molar-refractivity contribution in [3.8, 4) is 11.5 Å². The lowest BCUT2D eigenvalue weighted by Gasteiger charge is -2.21. The van der Waals surface area contributed by atoms with Crippen LogP contribution in [0.3, 0.4) is 0 Å². The van der Waals surface area contributed by atoms with Gasteiger partial charge in [0.05, 0.1) is 6.54 Å². The van der Waals surface area contributed by atoms with Crippen molar-refractivity contribution < 1.29 is 9.47 Å². The van der Waals surface area contributed by atoms with E-state index in [0.717, 1.165) is 36.7 Å². The largest absolute Gasteiger partial charge is 0.486 e. The van der Waals surface area contributed by atoms with E-state index in [0.29, 0.717) is 13.2 Å². The Morgan fingerprint density at radius 1 is 0.962 bits per heavy atom. The first-order valence-corrected chi connectivity index (χ1v) is 8.37. The van der Waals surface area contributed by atoms with E-state index in [2.05, 4.69) is 45.7 Å². The summed E-state index contributed by atoms with van der Waals surface area (Å²) >= 11 is 0. The highest BCUT2D eigenvalue weighted by atomic mass is 35.5. The van der Waals surface area contributed by atoms with Crippen LogP contribution in [0.1, 0.15) is 16.7 Å². The van der Waals surface area contributed by atoms with Crippen molar-refractivity contribution in [2.75, 3.05) is 13.2 Å². The molecule has 0 saturated carbocycles. The highest BCUT2D eigenvalue weighted by Crippen LogP contribution is 2.33. The lowest BCUT2D eigenvalue weighted by Crippen LogP contribution is -2.19. The van der Waals surface area contributed by atoms with Crippen LogP contribution in [0.2, 0.25) is 0 Å². The average molecular weight is 373 g/mol. The van der Waals surface area contributed by atoms with Gasteiger partial charge < -0.3 is 14.8 Å². The van der Waals surface area contributed by atoms with E-state index >= 15 is 0 Å². The summed E-state index contributed by atoms with van der Waals surface area (Å²) in [5.74, 6) is 1.70. The van der Waals surface area contributed by atoms with Crippen molar-refractivity contribution in [2.24, 2.45) is 0 Å². The van der Waals surface area contributed by atoms with Gasteiger partial charge in [-0.25, -0.2) is 9.67 Å². The maximum atomic E-state index is 5.74. The number of hydrogen-bond donors (Lipinski definition) is 1. The van der Waals surface area contributed by atoms with E-state index in [1.165, 1.54) is 11.1 Å². The molecule has 136 valence electrons. The summed E-state index contributed by atoms with van der Waals surface area (Å²) < 4.78 is 13.2. The van der Waals surface area contributed by atoms with Gasteiger partial charge in [-0.15, -0.1) is 12.4 Å². The average Bonchev–Trinajstić information content (AvgIpc) is 3.16. The number of fused-ring (bicyclic) bond motifs is 1. The minimum absolute atomic E-state index is 0. The van der Waals surface area contributed by atoms with E-state index in [9.17, 15) is 0 Å². The van der Waals surface area contributed by atoms with Crippen LogP contribution in [0.5, 0.6) is 11.5 Å². The van der Waals surface area contributed by atoms with Crippen LogP contribution in [0.25, 0.3) is 0 Å². The fourth-order valence-corrected chi connectivity index (χ4v) is 2.88. The molecule has 0 atom stereocenters. The second-order valence-corrected chi connectivity index (χ2v) is 5.95. The predicted molar refractivity (Wildman–Crippen MR) is 101 cm³/mol. The molecule has 1 aliphatic rings. The van der Waals surface area contributed by atoms with Crippen molar-refractivity contribution in [1.82, 2.24) is 20.1 Å². The third-order valence-electron chi connectivity index (χ3n) is 4.13. The molecule has 2 aromatic carbocycles. The summed E-state index contributed by atoms with van der Waals surface area (Å²) in [5, 5.41) is 7.59. The Balaban J connectivity index is 0.00000196. The van der Waals surface area contributed by atoms with Crippen LogP contribution in [0, 0.1) is 0 Å². The predicted octanol–water partition coefficient (Wildman–Crippen LogP) is 2.81. The summed E-state index contributed by atoms with van der Waals surface area (Å²) in [4.78, 5) is 3.96. The molecule has 1 N–H and O–H groups in total. The fraction of sp³-hybridized carbons (Fsp3) is 0.263. The van der Waals surface area contributed by atoms with Gasteiger partial charge in [-0.3, -0.25) is 0 Å². The minimum Gasteiger partial charge on any atom is -0.486 e. The molecule has 1 aliphatic heterocycles. The van der Waals surface area contributed by atoms with Crippen LogP contribution in [0.15, 0.2) is 55.1 Å². The summed E-state index contributed by atoms with van der Waals surface area (Å²) in [5.41, 5.74) is 3.57. The zero-order valence-corrected chi connectivity index (χ0v) is 15.1. The van der Waals surface area contributed by atoms with Gasteiger partial charge in [0.15, 0.2) is 11.5 Å². The normalized spacial score (nSPS) is 12.5. The second kappa shape index (κ2) is 8.69. The maximum Gasteiger partial charge on any atom is 0.165 e. The summed E-state index contributed by atoms with van der Waals surface area (Å²) in [7, 11) is 0. The number of aromatic nitrogens is 3. The third kappa shape index (κ3) is 4.33. The topological polar surface area (TPSA) is 61.2 Å². The van der Waals surface area contributed by atoms with Crippen LogP contribution < -0.4 is 14.8 Å². The molecule has 0 amide bonds. The Labute approximate surface area is 158 Å². The van der Waals surface area contributed by atoms with Crippen LogP contribution >= 0.6 is 12.4 Å². The number of para-hydroxylation sites is 1. The Bertz CT molecular complexity index is 822. The lowest BCUT2D eigenvalue weighted by atomic mass is 10.1. The Morgan fingerprint density at radius 2 is 1.77 bits per heavy atom. The zero-order valence-electron chi connectivity index (χ0n) is 14.3. The number of nitrogens with zero attached hydrogens (tertiary/aromatic N) is 3. The molecule has 7 heteroatoms. The van der Waals surface area contributed by atoms with E-state index in [4.69, 9.17) is 9.47 Å². The van der Waals surface area contributed by atoms with Gasteiger partial charge in [0, 0.05) is 18.7 Å². The standard InChI is InChI=1S/C19H20N4O2.ClH/c1-2-17(19-18(3-1)24-8-9-25-19)11-20-10-15-4-6-16(7-5-15)12-23-14-21-13-22-23;/h1-7,13-14,20H,8-12H2;1H. The number of benzene rings is 2. The van der Waals surface area contributed by atoms with Crippen molar-refractivity contribution in [3.63, 3.8) is 0 Å². The molecular weight excluding hydrogens is 352 g/mol. The first-order chi connectivity index (χ1) is 12.4. The van der Waals surface area contributed by atoms with Gasteiger partial charge in [0.1, 0.15) is 25.9 Å². The summed E-state index contributed by atoms with van der Waals surface area (Å²) in [6, 6.07) is 14.6. The van der Waals surface area contributed by atoms with E-state index in [1.54, 1.807) is 12.7 Å². The lowest BCUT2D eigenvalue weighted by molar-refractivity contribution is 0.169. The summed E-state index contributed by atoms with van der Waals surface area (Å²) in [6.45, 7) is 3.50. The Hall–Kier alpha value is -2.57. The highest BCUT2D eigenvalue weighted by molar-refractivity contribution is 5.85. The van der Waals surface area contributed by atoms with Crippen LogP contribution in [-0.4, -0.2) is 28.0 Å². The second-order valence-electron chi connectivity index (χ2n) is 5.95. The Morgan fingerprint density at radius 3 is 2.58 bits per heavy atom. The van der Waals surface area contributed by atoms with Crippen LogP contribution in [-0.2, 0) is 19.6 Å². The molecular formula is C19H21ClN4O2. The number of ether oxygens (including phenoxy) is 2. The maximum absolute atomic E-state index is 5.74. The number of rotatable bonds is 6. The first kappa shape index (κ1) is 18.2. The quantitative estimate of drug-likeness (QED) is 0.721. The fourth-order valence-electron chi connectivity index (χ4n) is 2.88. The molecule has 1 aromatic heterocycles. The van der Waals surface area contributed by atoms with Crippen molar-refractivity contribution in [1.29, 1.82) is 0 Å². The van der Waals surface area contributed by atoms with Gasteiger partial charge in [-0.1, -0.05) is 36.4 Å². The SMILES string of the molecule is Cl.c1cc(CNCc2ccc(Cn3cncn3)cc2)c2c(c1)OCCO2. The van der Waals surface area contributed by atoms with Crippen molar-refractivity contribution in [2.45, 2.75) is 19.6 Å². The smallest absolute Gasteiger partial charge is 0.165 e. The van der Waals surface area contributed by atoms with Crippen molar-refractivity contribution >= 4 is 12.4 Å². The van der Waals surface area contributed by atoms with Gasteiger partial charge in [-0.05, 0) is 17.2 Å². The zero-order chi connectivity index (χ0) is 16.9. The van der Waals surface area contributed by atoms with Crippen molar-refractivity contribution in [3.05, 3.63) is 71.8 Å². The monoisotopic (exact) mass is 372 g/mol. The molecule has 0 bridgehead atoms. The van der Waals surface area contributed by atoms with Gasteiger partial charge in [0.25, 0.3) is 0 Å². The number of hydrogen-bond acceptors (Lipinski definition) is 5. The third-order valence-corrected chi connectivity index (χ3v) is 4.13. The molecule has 0 aliphatic carbocycles. The summed E-state index contributed by atoms with van der Waals surface area (Å²) in [6.07, 6.45) is 3.27. The van der Waals surface area contributed by atoms with Crippen LogP contribution in [0.4, 0.5) is 0 Å². The molecule has 4 rings (SSSR count). The molecule has 6 nitrogen and oxygen atoms in total. The first-order valence-electron chi connectivity index (χ1n) is 8.37. The molecule has 0 unspecified atom stereocenters. The minimum atomic E-state index is 0. The van der Waals surface area contributed by atoms with E-state index in [1.807, 2.05) is 16.8 Å². The molecule has 0 radical (unpaired) electrons. The van der Waals surface area contributed by atoms with E-state index in [-0.39, 0.29) is 12.4 Å². The molecule has 26 heavy (non-hydrogen) atoms. The molecule has 0 spiro atoms. The Kier molecular flexibility index (Phi) is 6.09. The van der Waals surface area contributed by atoms with E-state index < -0.39 is 0 Å². The number of nitrogens with one attached hydrogen (secondary N) is 1. The van der Waals surface area contributed by atoms with Gasteiger partial charge in [-0.2, -0.15) is 5.10 Å². The molecule has 3 aromatic rings. The molecule has 0 saturated heterocycles. The molecule has 2 heterocycles. The number of halogens is 1. The van der Waals surface area contributed by atoms with Gasteiger partial charge >= 0.3 is 0 Å².